The number of nitrogens with one attached hydrogen (secondary N) is 2. The summed E-state index contributed by atoms with van der Waals surface area (Å²) in [4.78, 5) is 35.9. The van der Waals surface area contributed by atoms with Gasteiger partial charge in [0.2, 0.25) is 5.91 Å². The Morgan fingerprint density at radius 1 is 1.14 bits per heavy atom. The summed E-state index contributed by atoms with van der Waals surface area (Å²) in [7, 11) is 1.22. The van der Waals surface area contributed by atoms with Crippen LogP contribution in [0.4, 0.5) is 4.79 Å². The number of hydrogen-bond donors (Lipinski definition) is 2. The molecule has 0 bridgehead atoms. The van der Waals surface area contributed by atoms with Gasteiger partial charge in [0.15, 0.2) is 0 Å². The van der Waals surface area contributed by atoms with E-state index in [4.69, 9.17) is 9.47 Å². The van der Waals surface area contributed by atoms with Crippen LogP contribution < -0.4 is 15.4 Å². The number of methoxy groups -OCH3 is 1. The smallest absolute Gasteiger partial charge is 0.408 e. The van der Waals surface area contributed by atoms with Crippen molar-refractivity contribution in [2.24, 2.45) is 0 Å². The largest absolute Gasteiger partial charge is 0.481 e. The van der Waals surface area contributed by atoms with Crippen LogP contribution in [-0.4, -0.2) is 49.9 Å². The molecule has 0 radical (unpaired) electrons. The maximum Gasteiger partial charge on any atom is 0.408 e. The van der Waals surface area contributed by atoms with Crippen LogP contribution in [0.15, 0.2) is 24.3 Å². The molecule has 8 heteroatoms. The highest BCUT2D eigenvalue weighted by Gasteiger charge is 2.25. The second kappa shape index (κ2) is 11.6. The second-order valence-electron chi connectivity index (χ2n) is 7.06. The summed E-state index contributed by atoms with van der Waals surface area (Å²) >= 11 is 0. The third kappa shape index (κ3) is 10.1. The quantitative estimate of drug-likeness (QED) is 0.506. The van der Waals surface area contributed by atoms with Gasteiger partial charge in [0, 0.05) is 6.42 Å². The molecule has 0 saturated heterocycles. The van der Waals surface area contributed by atoms with E-state index in [1.54, 1.807) is 52.0 Å². The number of carbonyl (C=O) groups is 3. The summed E-state index contributed by atoms with van der Waals surface area (Å²) in [6.45, 7) is 6.89. The molecule has 0 fully saturated rings. The summed E-state index contributed by atoms with van der Waals surface area (Å²) in [6.07, 6.45) is -0.532. The molecule has 8 nitrogen and oxygen atoms in total. The van der Waals surface area contributed by atoms with Gasteiger partial charge >= 0.3 is 12.1 Å². The SMILES string of the molecule is CC#CCOc1ccc(C[C@H](NC(=O)OC(C)(C)C)C(=O)NCC(=O)OC)cc1. The lowest BCUT2D eigenvalue weighted by Crippen LogP contribution is -2.50. The van der Waals surface area contributed by atoms with Crippen molar-refractivity contribution >= 4 is 18.0 Å². The Morgan fingerprint density at radius 2 is 1.79 bits per heavy atom. The van der Waals surface area contributed by atoms with E-state index in [2.05, 4.69) is 27.2 Å². The minimum atomic E-state index is -0.938. The van der Waals surface area contributed by atoms with Crippen molar-refractivity contribution < 1.29 is 28.6 Å². The number of rotatable bonds is 8. The maximum atomic E-state index is 12.5. The molecule has 0 aromatic heterocycles. The van der Waals surface area contributed by atoms with Crippen LogP contribution >= 0.6 is 0 Å². The van der Waals surface area contributed by atoms with E-state index in [-0.39, 0.29) is 19.6 Å². The molecule has 0 aliphatic rings. The first-order valence-corrected chi connectivity index (χ1v) is 9.10. The molecule has 1 aromatic carbocycles. The number of esters is 1. The molecule has 0 spiro atoms. The predicted octanol–water partition coefficient (Wildman–Crippen LogP) is 1.81. The Hall–Kier alpha value is -3.21. The van der Waals surface area contributed by atoms with Gasteiger partial charge in [-0.2, -0.15) is 0 Å². The van der Waals surface area contributed by atoms with Crippen molar-refractivity contribution in [3.8, 4) is 17.6 Å². The molecule has 0 aliphatic carbocycles. The van der Waals surface area contributed by atoms with E-state index in [1.807, 2.05) is 0 Å². The van der Waals surface area contributed by atoms with Crippen molar-refractivity contribution in [2.45, 2.75) is 45.8 Å². The van der Waals surface area contributed by atoms with Gasteiger partial charge in [0.25, 0.3) is 0 Å². The molecule has 1 atom stereocenters. The Balaban J connectivity index is 2.83. The van der Waals surface area contributed by atoms with E-state index < -0.39 is 29.6 Å². The van der Waals surface area contributed by atoms with Gasteiger partial charge in [0.05, 0.1) is 7.11 Å². The molecule has 29 heavy (non-hydrogen) atoms. The number of benzene rings is 1. The Morgan fingerprint density at radius 3 is 2.34 bits per heavy atom. The molecule has 1 aromatic rings. The van der Waals surface area contributed by atoms with E-state index in [0.717, 1.165) is 5.56 Å². The molecular formula is C21H28N2O6. The van der Waals surface area contributed by atoms with E-state index >= 15 is 0 Å². The molecule has 1 rings (SSSR count). The number of ether oxygens (including phenoxy) is 3. The first-order valence-electron chi connectivity index (χ1n) is 9.10. The molecule has 0 saturated carbocycles. The molecule has 0 unspecified atom stereocenters. The van der Waals surface area contributed by atoms with Crippen LogP contribution in [0.2, 0.25) is 0 Å². The van der Waals surface area contributed by atoms with Crippen LogP contribution in [0.3, 0.4) is 0 Å². The molecule has 2 amide bonds. The predicted molar refractivity (Wildman–Crippen MR) is 107 cm³/mol. The fourth-order valence-corrected chi connectivity index (χ4v) is 2.16. The Bertz CT molecular complexity index is 756. The van der Waals surface area contributed by atoms with Gasteiger partial charge in [-0.05, 0) is 45.4 Å². The third-order valence-electron chi connectivity index (χ3n) is 3.49. The van der Waals surface area contributed by atoms with E-state index in [0.29, 0.717) is 5.75 Å². The normalized spacial score (nSPS) is 11.3. The van der Waals surface area contributed by atoms with Gasteiger partial charge in [-0.3, -0.25) is 9.59 Å². The Labute approximate surface area is 171 Å². The highest BCUT2D eigenvalue weighted by molar-refractivity contribution is 5.88. The summed E-state index contributed by atoms with van der Waals surface area (Å²) in [5.74, 6) is 5.07. The van der Waals surface area contributed by atoms with Crippen LogP contribution in [0, 0.1) is 11.8 Å². The summed E-state index contributed by atoms with van der Waals surface area (Å²) in [5, 5.41) is 4.99. The first-order chi connectivity index (χ1) is 13.6. The number of alkyl carbamates (subject to hydrolysis) is 1. The fraction of sp³-hybridized carbons (Fsp3) is 0.476. The van der Waals surface area contributed by atoms with Gasteiger partial charge in [-0.15, -0.1) is 5.92 Å². The summed E-state index contributed by atoms with van der Waals surface area (Å²) in [6, 6.07) is 6.14. The molecule has 158 valence electrons. The lowest BCUT2D eigenvalue weighted by molar-refractivity contribution is -0.141. The zero-order valence-electron chi connectivity index (χ0n) is 17.5. The van der Waals surface area contributed by atoms with Crippen molar-refractivity contribution in [3.63, 3.8) is 0 Å². The lowest BCUT2D eigenvalue weighted by atomic mass is 10.1. The molecule has 0 aliphatic heterocycles. The van der Waals surface area contributed by atoms with Gasteiger partial charge < -0.3 is 24.8 Å². The van der Waals surface area contributed by atoms with Crippen molar-refractivity contribution in [1.82, 2.24) is 10.6 Å². The number of amides is 2. The highest BCUT2D eigenvalue weighted by atomic mass is 16.6. The van der Waals surface area contributed by atoms with E-state index in [1.165, 1.54) is 7.11 Å². The maximum absolute atomic E-state index is 12.5. The zero-order valence-corrected chi connectivity index (χ0v) is 17.5. The second-order valence-corrected chi connectivity index (χ2v) is 7.06. The summed E-state index contributed by atoms with van der Waals surface area (Å²) < 4.78 is 15.2. The molecule has 2 N–H and O–H groups in total. The van der Waals surface area contributed by atoms with Crippen LogP contribution in [0.5, 0.6) is 5.75 Å². The highest BCUT2D eigenvalue weighted by Crippen LogP contribution is 2.14. The zero-order chi connectivity index (χ0) is 21.9. The standard InChI is InChI=1S/C21H28N2O6/c1-6-7-12-28-16-10-8-15(9-11-16)13-17(19(25)22-14-18(24)27-5)23-20(26)29-21(2,3)4/h8-11,17H,12-14H2,1-5H3,(H,22,25)(H,23,26)/t17-/m0/s1. The molecule has 0 heterocycles. The van der Waals surface area contributed by atoms with Crippen LogP contribution in [0.1, 0.15) is 33.3 Å². The van der Waals surface area contributed by atoms with Crippen molar-refractivity contribution in [2.75, 3.05) is 20.3 Å². The fourth-order valence-electron chi connectivity index (χ4n) is 2.16. The monoisotopic (exact) mass is 404 g/mol. The topological polar surface area (TPSA) is 103 Å². The average Bonchev–Trinajstić information content (AvgIpc) is 2.65. The van der Waals surface area contributed by atoms with Gasteiger partial charge in [-0.25, -0.2) is 4.79 Å². The van der Waals surface area contributed by atoms with E-state index in [9.17, 15) is 14.4 Å². The minimum absolute atomic E-state index is 0.196. The molecular weight excluding hydrogens is 376 g/mol. The van der Waals surface area contributed by atoms with Gasteiger partial charge in [-0.1, -0.05) is 18.1 Å². The lowest BCUT2D eigenvalue weighted by Gasteiger charge is -2.23. The Kier molecular flexibility index (Phi) is 9.52. The number of hydrogen-bond acceptors (Lipinski definition) is 6. The third-order valence-corrected chi connectivity index (χ3v) is 3.49. The van der Waals surface area contributed by atoms with Crippen molar-refractivity contribution in [3.05, 3.63) is 29.8 Å². The van der Waals surface area contributed by atoms with Crippen molar-refractivity contribution in [1.29, 1.82) is 0 Å². The van der Waals surface area contributed by atoms with Crippen LogP contribution in [0.25, 0.3) is 0 Å². The number of carbonyl (C=O) groups excluding carboxylic acids is 3. The summed E-state index contributed by atoms with van der Waals surface area (Å²) in [5.41, 5.74) is 0.0746. The average molecular weight is 404 g/mol. The van der Waals surface area contributed by atoms with Crippen LogP contribution in [-0.2, 0) is 25.5 Å². The van der Waals surface area contributed by atoms with Gasteiger partial charge in [0.1, 0.15) is 30.5 Å². The first kappa shape index (κ1) is 23.8. The minimum Gasteiger partial charge on any atom is -0.481 e.